The van der Waals surface area contributed by atoms with Crippen molar-refractivity contribution in [1.82, 2.24) is 0 Å². The number of anilines is 2. The van der Waals surface area contributed by atoms with E-state index >= 15 is 0 Å². The smallest absolute Gasteiger partial charge is 0.142 e. The molecule has 6 nitrogen and oxygen atoms in total. The molecule has 0 saturated carbocycles. The van der Waals surface area contributed by atoms with Crippen molar-refractivity contribution in [3.05, 3.63) is 72.8 Å². The maximum absolute atomic E-state index is 5.84. The van der Waals surface area contributed by atoms with Crippen LogP contribution in [0, 0.1) is 0 Å². The van der Waals surface area contributed by atoms with E-state index in [1.165, 1.54) is 0 Å². The number of rotatable bonds is 7. The van der Waals surface area contributed by atoms with Gasteiger partial charge in [-0.15, -0.1) is 0 Å². The minimum atomic E-state index is 0.379. The van der Waals surface area contributed by atoms with Crippen LogP contribution in [0.15, 0.2) is 83.0 Å². The fraction of sp³-hybridized carbons (Fsp3) is 0.100. The second-order valence-corrected chi connectivity index (χ2v) is 5.52. The normalized spacial score (nSPS) is 10.8. The van der Waals surface area contributed by atoms with Gasteiger partial charge < -0.3 is 20.9 Å². The molecule has 3 rings (SSSR count). The molecule has 0 unspecified atom stereocenters. The molecule has 26 heavy (non-hydrogen) atoms. The molecule has 0 aromatic heterocycles. The standard InChI is InChI=1S/C20H20N4O2/c21-15-6-11-20(19(22)14-15)26-13-12-25-18-9-7-17(8-10-18)24-23-16-4-2-1-3-5-16/h1-11,14H,12-13,21-22H2. The van der Waals surface area contributed by atoms with Gasteiger partial charge in [-0.2, -0.15) is 10.2 Å². The molecule has 0 aliphatic heterocycles. The predicted octanol–water partition coefficient (Wildman–Crippen LogP) is 4.72. The van der Waals surface area contributed by atoms with Gasteiger partial charge in [0.2, 0.25) is 0 Å². The average Bonchev–Trinajstić information content (AvgIpc) is 2.67. The van der Waals surface area contributed by atoms with E-state index in [2.05, 4.69) is 10.2 Å². The third kappa shape index (κ3) is 4.98. The lowest BCUT2D eigenvalue weighted by atomic mass is 10.2. The van der Waals surface area contributed by atoms with Gasteiger partial charge >= 0.3 is 0 Å². The second-order valence-electron chi connectivity index (χ2n) is 5.52. The highest BCUT2D eigenvalue weighted by Gasteiger charge is 2.01. The van der Waals surface area contributed by atoms with Gasteiger partial charge in [0.1, 0.15) is 24.7 Å². The molecule has 0 atom stereocenters. The molecular weight excluding hydrogens is 328 g/mol. The minimum Gasteiger partial charge on any atom is -0.490 e. The fourth-order valence-electron chi connectivity index (χ4n) is 2.23. The minimum absolute atomic E-state index is 0.379. The Balaban J connectivity index is 1.46. The number of nitrogens with zero attached hydrogens (tertiary/aromatic N) is 2. The zero-order valence-corrected chi connectivity index (χ0v) is 14.2. The summed E-state index contributed by atoms with van der Waals surface area (Å²) >= 11 is 0. The Bertz CT molecular complexity index is 865. The highest BCUT2D eigenvalue weighted by atomic mass is 16.5. The van der Waals surface area contributed by atoms with Gasteiger partial charge in [0.15, 0.2) is 0 Å². The maximum atomic E-state index is 5.84. The molecule has 4 N–H and O–H groups in total. The van der Waals surface area contributed by atoms with Crippen molar-refractivity contribution in [2.45, 2.75) is 0 Å². The summed E-state index contributed by atoms with van der Waals surface area (Å²) in [6.07, 6.45) is 0. The molecule has 132 valence electrons. The first kappa shape index (κ1) is 17.3. The van der Waals surface area contributed by atoms with Crippen LogP contribution in [0.2, 0.25) is 0 Å². The Kier molecular flexibility index (Phi) is 5.67. The SMILES string of the molecule is Nc1ccc(OCCOc2ccc(N=Nc3ccccc3)cc2)c(N)c1. The number of nitrogen functional groups attached to an aromatic ring is 2. The van der Waals surface area contributed by atoms with Gasteiger partial charge in [0.25, 0.3) is 0 Å². The molecule has 0 radical (unpaired) electrons. The topological polar surface area (TPSA) is 95.2 Å². The summed E-state index contributed by atoms with van der Waals surface area (Å²) in [4.78, 5) is 0. The number of hydrogen-bond acceptors (Lipinski definition) is 6. The van der Waals surface area contributed by atoms with E-state index in [1.54, 1.807) is 18.2 Å². The monoisotopic (exact) mass is 348 g/mol. The molecule has 6 heteroatoms. The Labute approximate surface area is 152 Å². The number of azo groups is 1. The first-order chi connectivity index (χ1) is 12.7. The van der Waals surface area contributed by atoms with Crippen molar-refractivity contribution >= 4 is 22.7 Å². The molecule has 0 bridgehead atoms. The van der Waals surface area contributed by atoms with Crippen LogP contribution >= 0.6 is 0 Å². The van der Waals surface area contributed by atoms with E-state index in [4.69, 9.17) is 20.9 Å². The van der Waals surface area contributed by atoms with Crippen LogP contribution in [-0.4, -0.2) is 13.2 Å². The summed E-state index contributed by atoms with van der Waals surface area (Å²) in [5.74, 6) is 1.33. The lowest BCUT2D eigenvalue weighted by Gasteiger charge is -2.10. The van der Waals surface area contributed by atoms with E-state index in [0.717, 1.165) is 17.1 Å². The van der Waals surface area contributed by atoms with Gasteiger partial charge in [0, 0.05) is 5.69 Å². The second kappa shape index (κ2) is 8.53. The van der Waals surface area contributed by atoms with Crippen molar-refractivity contribution in [2.24, 2.45) is 10.2 Å². The summed E-state index contributed by atoms with van der Waals surface area (Å²) in [5.41, 5.74) is 14.2. The van der Waals surface area contributed by atoms with Crippen LogP contribution in [0.3, 0.4) is 0 Å². The van der Waals surface area contributed by atoms with Gasteiger partial charge in [-0.1, -0.05) is 18.2 Å². The van der Waals surface area contributed by atoms with Crippen LogP contribution in [0.25, 0.3) is 0 Å². The molecule has 0 spiro atoms. The van der Waals surface area contributed by atoms with Gasteiger partial charge in [-0.3, -0.25) is 0 Å². The Morgan fingerprint density at radius 2 is 1.35 bits per heavy atom. The van der Waals surface area contributed by atoms with Crippen molar-refractivity contribution in [2.75, 3.05) is 24.7 Å². The van der Waals surface area contributed by atoms with Crippen LogP contribution in [0.5, 0.6) is 11.5 Å². The number of ether oxygens (including phenoxy) is 2. The summed E-state index contributed by atoms with van der Waals surface area (Å²) in [7, 11) is 0. The predicted molar refractivity (Wildman–Crippen MR) is 103 cm³/mol. The first-order valence-electron chi connectivity index (χ1n) is 8.18. The van der Waals surface area contributed by atoms with E-state index in [0.29, 0.717) is 30.3 Å². The van der Waals surface area contributed by atoms with Gasteiger partial charge in [-0.05, 0) is 54.6 Å². The van der Waals surface area contributed by atoms with Gasteiger partial charge in [0.05, 0.1) is 17.1 Å². The lowest BCUT2D eigenvalue weighted by Crippen LogP contribution is -2.10. The molecule has 0 fully saturated rings. The number of hydrogen-bond donors (Lipinski definition) is 2. The molecule has 0 saturated heterocycles. The quantitative estimate of drug-likeness (QED) is 0.367. The van der Waals surface area contributed by atoms with Crippen LogP contribution in [0.1, 0.15) is 0 Å². The summed E-state index contributed by atoms with van der Waals surface area (Å²) in [6.45, 7) is 0.776. The molecule has 0 aliphatic rings. The summed E-state index contributed by atoms with van der Waals surface area (Å²) < 4.78 is 11.2. The van der Waals surface area contributed by atoms with Crippen molar-refractivity contribution in [1.29, 1.82) is 0 Å². The first-order valence-corrected chi connectivity index (χ1v) is 8.18. The molecular formula is C20H20N4O2. The van der Waals surface area contributed by atoms with E-state index < -0.39 is 0 Å². The van der Waals surface area contributed by atoms with Crippen molar-refractivity contribution < 1.29 is 9.47 Å². The van der Waals surface area contributed by atoms with E-state index in [9.17, 15) is 0 Å². The molecule has 3 aromatic carbocycles. The van der Waals surface area contributed by atoms with E-state index in [1.807, 2.05) is 54.6 Å². The largest absolute Gasteiger partial charge is 0.490 e. The molecule has 0 amide bonds. The van der Waals surface area contributed by atoms with Gasteiger partial charge in [-0.25, -0.2) is 0 Å². The Morgan fingerprint density at radius 1 is 0.692 bits per heavy atom. The summed E-state index contributed by atoms with van der Waals surface area (Å²) in [6, 6.07) is 22.1. The zero-order valence-electron chi connectivity index (χ0n) is 14.2. The number of benzene rings is 3. The summed E-state index contributed by atoms with van der Waals surface area (Å²) in [5, 5.41) is 8.36. The van der Waals surface area contributed by atoms with E-state index in [-0.39, 0.29) is 0 Å². The number of nitrogens with two attached hydrogens (primary N) is 2. The van der Waals surface area contributed by atoms with Crippen LogP contribution in [0.4, 0.5) is 22.7 Å². The van der Waals surface area contributed by atoms with Crippen molar-refractivity contribution in [3.8, 4) is 11.5 Å². The Morgan fingerprint density at radius 3 is 2.04 bits per heavy atom. The maximum Gasteiger partial charge on any atom is 0.142 e. The molecule has 3 aromatic rings. The Hall–Kier alpha value is -3.54. The van der Waals surface area contributed by atoms with Crippen molar-refractivity contribution in [3.63, 3.8) is 0 Å². The third-order valence-electron chi connectivity index (χ3n) is 3.52. The zero-order chi connectivity index (χ0) is 18.2. The molecule has 0 aliphatic carbocycles. The highest BCUT2D eigenvalue weighted by Crippen LogP contribution is 2.24. The molecule has 0 heterocycles. The fourth-order valence-corrected chi connectivity index (χ4v) is 2.23. The lowest BCUT2D eigenvalue weighted by molar-refractivity contribution is 0.218. The average molecular weight is 348 g/mol. The van der Waals surface area contributed by atoms with Crippen LogP contribution in [-0.2, 0) is 0 Å². The third-order valence-corrected chi connectivity index (χ3v) is 3.52. The highest BCUT2D eigenvalue weighted by molar-refractivity contribution is 5.60. The van der Waals surface area contributed by atoms with Crippen LogP contribution < -0.4 is 20.9 Å².